The van der Waals surface area contributed by atoms with Gasteiger partial charge in [0.25, 0.3) is 0 Å². The van der Waals surface area contributed by atoms with Crippen molar-refractivity contribution >= 4 is 17.6 Å². The van der Waals surface area contributed by atoms with Gasteiger partial charge in [-0.1, -0.05) is 18.6 Å². The molecule has 1 aromatic rings. The number of amides is 1. The van der Waals surface area contributed by atoms with E-state index in [4.69, 9.17) is 0 Å². The number of carbonyl (C=O) groups excluding carboxylic acids is 1. The minimum absolute atomic E-state index is 0.0596. The van der Waals surface area contributed by atoms with Crippen LogP contribution in [-0.4, -0.2) is 49.5 Å². The minimum atomic E-state index is -0.0596. The summed E-state index contributed by atoms with van der Waals surface area (Å²) >= 11 is 0. The Bertz CT molecular complexity index is 602. The second-order valence-corrected chi connectivity index (χ2v) is 6.97. The van der Waals surface area contributed by atoms with Crippen molar-refractivity contribution in [3.05, 3.63) is 29.8 Å². The number of piperidine rings is 1. The van der Waals surface area contributed by atoms with E-state index in [1.165, 1.54) is 32.7 Å². The Labute approximate surface area is 157 Å². The molecular formula is C20H33N5O. The number of nitrogens with one attached hydrogen (secondary N) is 3. The van der Waals surface area contributed by atoms with Crippen LogP contribution in [-0.2, 0) is 11.3 Å². The first-order valence-corrected chi connectivity index (χ1v) is 9.63. The standard InChI is InChI=1S/C20H33N5O/c1-16-8-4-5-12-25(16)13-7-11-22-20(21-3)23-15-18-9-6-10-19(14-18)24-17(2)26/h6,9-10,14,16H,4-5,7-8,11-13,15H2,1-3H3,(H,24,26)(H2,21,22,23). The zero-order chi connectivity index (χ0) is 18.8. The minimum Gasteiger partial charge on any atom is -0.356 e. The summed E-state index contributed by atoms with van der Waals surface area (Å²) in [6.07, 6.45) is 5.14. The fraction of sp³-hybridized carbons (Fsp3) is 0.600. The van der Waals surface area contributed by atoms with Gasteiger partial charge in [0.2, 0.25) is 5.91 Å². The molecule has 3 N–H and O–H groups in total. The number of benzene rings is 1. The third-order valence-corrected chi connectivity index (χ3v) is 4.79. The molecule has 26 heavy (non-hydrogen) atoms. The largest absolute Gasteiger partial charge is 0.356 e. The van der Waals surface area contributed by atoms with Crippen LogP contribution in [0.4, 0.5) is 5.69 Å². The molecule has 1 fully saturated rings. The molecule has 0 aliphatic carbocycles. The smallest absolute Gasteiger partial charge is 0.221 e. The predicted octanol–water partition coefficient (Wildman–Crippen LogP) is 2.57. The maximum Gasteiger partial charge on any atom is 0.221 e. The highest BCUT2D eigenvalue weighted by Crippen LogP contribution is 2.16. The number of guanidine groups is 1. The summed E-state index contributed by atoms with van der Waals surface area (Å²) < 4.78 is 0. The third kappa shape index (κ3) is 7.04. The fourth-order valence-corrected chi connectivity index (χ4v) is 3.35. The Morgan fingerprint density at radius 2 is 2.15 bits per heavy atom. The highest BCUT2D eigenvalue weighted by atomic mass is 16.1. The van der Waals surface area contributed by atoms with Gasteiger partial charge in [-0.25, -0.2) is 0 Å². The first-order chi connectivity index (χ1) is 12.6. The highest BCUT2D eigenvalue weighted by molar-refractivity contribution is 5.88. The van der Waals surface area contributed by atoms with Crippen LogP contribution in [0.15, 0.2) is 29.3 Å². The van der Waals surface area contributed by atoms with Crippen LogP contribution < -0.4 is 16.0 Å². The van der Waals surface area contributed by atoms with Crippen LogP contribution in [0.3, 0.4) is 0 Å². The first kappa shape index (κ1) is 20.2. The van der Waals surface area contributed by atoms with Crippen LogP contribution in [0.1, 0.15) is 45.1 Å². The monoisotopic (exact) mass is 359 g/mol. The molecule has 0 radical (unpaired) electrons. The average Bonchev–Trinajstić information content (AvgIpc) is 2.62. The molecule has 6 heteroatoms. The van der Waals surface area contributed by atoms with Gasteiger partial charge in [0.05, 0.1) is 0 Å². The number of aliphatic imine (C=N–C) groups is 1. The predicted molar refractivity (Wildman–Crippen MR) is 108 cm³/mol. The summed E-state index contributed by atoms with van der Waals surface area (Å²) in [4.78, 5) is 18.0. The SMILES string of the molecule is CN=C(NCCCN1CCCCC1C)NCc1cccc(NC(C)=O)c1. The zero-order valence-electron chi connectivity index (χ0n) is 16.3. The maximum absolute atomic E-state index is 11.2. The van der Waals surface area contributed by atoms with Gasteiger partial charge < -0.3 is 20.9 Å². The van der Waals surface area contributed by atoms with Crippen molar-refractivity contribution in [3.63, 3.8) is 0 Å². The summed E-state index contributed by atoms with van der Waals surface area (Å²) in [5.41, 5.74) is 1.91. The molecule has 6 nitrogen and oxygen atoms in total. The van der Waals surface area contributed by atoms with Gasteiger partial charge in [0.1, 0.15) is 0 Å². The van der Waals surface area contributed by atoms with Crippen molar-refractivity contribution in [2.75, 3.05) is 32.0 Å². The number of likely N-dealkylation sites (tertiary alicyclic amines) is 1. The van der Waals surface area contributed by atoms with Gasteiger partial charge in [0.15, 0.2) is 5.96 Å². The molecule has 1 heterocycles. The van der Waals surface area contributed by atoms with Crippen LogP contribution in [0.2, 0.25) is 0 Å². The number of carbonyl (C=O) groups is 1. The summed E-state index contributed by atoms with van der Waals surface area (Å²) in [7, 11) is 1.79. The molecule has 1 saturated heterocycles. The molecule has 144 valence electrons. The van der Waals surface area contributed by atoms with E-state index in [1.54, 1.807) is 7.05 Å². The van der Waals surface area contributed by atoms with E-state index in [-0.39, 0.29) is 5.91 Å². The Balaban J connectivity index is 1.70. The van der Waals surface area contributed by atoms with E-state index in [1.807, 2.05) is 24.3 Å². The lowest BCUT2D eigenvalue weighted by Crippen LogP contribution is -2.41. The molecule has 0 saturated carbocycles. The Morgan fingerprint density at radius 3 is 2.88 bits per heavy atom. The Kier molecular flexibility index (Phi) is 8.41. The third-order valence-electron chi connectivity index (χ3n) is 4.79. The van der Waals surface area contributed by atoms with E-state index >= 15 is 0 Å². The lowest BCUT2D eigenvalue weighted by Gasteiger charge is -2.33. The molecule has 1 atom stereocenters. The van der Waals surface area contributed by atoms with Crippen molar-refractivity contribution < 1.29 is 4.79 Å². The highest BCUT2D eigenvalue weighted by Gasteiger charge is 2.17. The van der Waals surface area contributed by atoms with E-state index in [9.17, 15) is 4.79 Å². The van der Waals surface area contributed by atoms with Crippen LogP contribution in [0.5, 0.6) is 0 Å². The van der Waals surface area contributed by atoms with Gasteiger partial charge >= 0.3 is 0 Å². The molecule has 1 unspecified atom stereocenters. The summed E-state index contributed by atoms with van der Waals surface area (Å²) in [5, 5.41) is 9.52. The molecule has 1 aliphatic rings. The van der Waals surface area contributed by atoms with E-state index < -0.39 is 0 Å². The van der Waals surface area contributed by atoms with Crippen molar-refractivity contribution in [1.29, 1.82) is 0 Å². The molecular weight excluding hydrogens is 326 g/mol. The lowest BCUT2D eigenvalue weighted by molar-refractivity contribution is -0.114. The van der Waals surface area contributed by atoms with Crippen LogP contribution >= 0.6 is 0 Å². The summed E-state index contributed by atoms with van der Waals surface area (Å²) in [6.45, 7) is 7.80. The van der Waals surface area contributed by atoms with Crippen molar-refractivity contribution in [2.24, 2.45) is 4.99 Å². The lowest BCUT2D eigenvalue weighted by atomic mass is 10.0. The van der Waals surface area contributed by atoms with Gasteiger partial charge in [-0.05, 0) is 50.4 Å². The number of nitrogens with zero attached hydrogens (tertiary/aromatic N) is 2. The fourth-order valence-electron chi connectivity index (χ4n) is 3.35. The van der Waals surface area contributed by atoms with Crippen LogP contribution in [0, 0.1) is 0 Å². The first-order valence-electron chi connectivity index (χ1n) is 9.63. The van der Waals surface area contributed by atoms with Gasteiger partial charge in [-0.3, -0.25) is 9.79 Å². The van der Waals surface area contributed by atoms with E-state index in [2.05, 4.69) is 32.8 Å². The molecule has 2 rings (SSSR count). The molecule has 1 amide bonds. The summed E-state index contributed by atoms with van der Waals surface area (Å²) in [6, 6.07) is 8.55. The van der Waals surface area contributed by atoms with Crippen molar-refractivity contribution in [2.45, 2.75) is 52.1 Å². The number of hydrogen-bond acceptors (Lipinski definition) is 3. The van der Waals surface area contributed by atoms with Crippen molar-refractivity contribution in [3.8, 4) is 0 Å². The maximum atomic E-state index is 11.2. The number of hydrogen-bond donors (Lipinski definition) is 3. The second kappa shape index (κ2) is 10.8. The zero-order valence-corrected chi connectivity index (χ0v) is 16.3. The molecule has 0 bridgehead atoms. The topological polar surface area (TPSA) is 68.8 Å². The van der Waals surface area contributed by atoms with Crippen LogP contribution in [0.25, 0.3) is 0 Å². The van der Waals surface area contributed by atoms with Crippen molar-refractivity contribution in [1.82, 2.24) is 15.5 Å². The Morgan fingerprint density at radius 1 is 1.31 bits per heavy atom. The molecule has 0 aromatic heterocycles. The van der Waals surface area contributed by atoms with Gasteiger partial charge in [-0.15, -0.1) is 0 Å². The summed E-state index contributed by atoms with van der Waals surface area (Å²) in [5.74, 6) is 0.747. The average molecular weight is 360 g/mol. The van der Waals surface area contributed by atoms with Gasteiger partial charge in [0, 0.05) is 45.3 Å². The number of anilines is 1. The van der Waals surface area contributed by atoms with E-state index in [0.29, 0.717) is 6.54 Å². The number of rotatable bonds is 7. The molecule has 1 aromatic carbocycles. The van der Waals surface area contributed by atoms with E-state index in [0.717, 1.165) is 42.8 Å². The van der Waals surface area contributed by atoms with Gasteiger partial charge in [-0.2, -0.15) is 0 Å². The molecule has 0 spiro atoms. The Hall–Kier alpha value is -2.08. The quantitative estimate of drug-likeness (QED) is 0.398. The normalized spacial score (nSPS) is 18.4. The molecule has 1 aliphatic heterocycles. The second-order valence-electron chi connectivity index (χ2n) is 6.97.